The van der Waals surface area contributed by atoms with E-state index in [2.05, 4.69) is 6.92 Å². The molecule has 4 heteroatoms. The van der Waals surface area contributed by atoms with Gasteiger partial charge in [-0.25, -0.2) is 0 Å². The molecule has 2 aliphatic rings. The lowest BCUT2D eigenvalue weighted by Crippen LogP contribution is -2.38. The van der Waals surface area contributed by atoms with Gasteiger partial charge in [0.05, 0.1) is 5.92 Å². The van der Waals surface area contributed by atoms with E-state index in [1.807, 2.05) is 4.90 Å². The largest absolute Gasteiger partial charge is 0.481 e. The lowest BCUT2D eigenvalue weighted by atomic mass is 10.0. The maximum Gasteiger partial charge on any atom is 0.306 e. The van der Waals surface area contributed by atoms with Gasteiger partial charge in [-0.05, 0) is 38.5 Å². The molecule has 0 heterocycles. The SMILES string of the molecule is CCCCN(C(=O)C1CCC(C(=O)O)C1)C1CC1. The Kier molecular flexibility index (Phi) is 4.25. The number of amides is 1. The van der Waals surface area contributed by atoms with E-state index in [0.29, 0.717) is 18.9 Å². The van der Waals surface area contributed by atoms with Crippen molar-refractivity contribution in [2.45, 2.75) is 57.9 Å². The predicted molar refractivity (Wildman–Crippen MR) is 68.1 cm³/mol. The van der Waals surface area contributed by atoms with E-state index < -0.39 is 5.97 Å². The molecule has 0 aliphatic heterocycles. The molecular weight excluding hydrogens is 230 g/mol. The van der Waals surface area contributed by atoms with Crippen LogP contribution in [0.4, 0.5) is 0 Å². The second kappa shape index (κ2) is 5.72. The number of hydrogen-bond acceptors (Lipinski definition) is 2. The van der Waals surface area contributed by atoms with Crippen LogP contribution >= 0.6 is 0 Å². The van der Waals surface area contributed by atoms with E-state index >= 15 is 0 Å². The fourth-order valence-corrected chi connectivity index (χ4v) is 2.85. The van der Waals surface area contributed by atoms with Crippen LogP contribution in [-0.4, -0.2) is 34.5 Å². The lowest BCUT2D eigenvalue weighted by molar-refractivity contribution is -0.141. The topological polar surface area (TPSA) is 57.6 Å². The highest BCUT2D eigenvalue weighted by molar-refractivity contribution is 5.81. The van der Waals surface area contributed by atoms with Crippen LogP contribution < -0.4 is 0 Å². The molecule has 2 unspecified atom stereocenters. The third kappa shape index (κ3) is 3.03. The molecule has 0 aromatic heterocycles. The second-order valence-corrected chi connectivity index (χ2v) is 5.66. The van der Waals surface area contributed by atoms with Crippen LogP contribution in [0.15, 0.2) is 0 Å². The zero-order chi connectivity index (χ0) is 13.1. The quantitative estimate of drug-likeness (QED) is 0.790. The number of carbonyl (C=O) groups excluding carboxylic acids is 1. The molecule has 1 N–H and O–H groups in total. The summed E-state index contributed by atoms with van der Waals surface area (Å²) >= 11 is 0. The molecule has 0 saturated heterocycles. The van der Waals surface area contributed by atoms with Crippen LogP contribution in [0, 0.1) is 11.8 Å². The van der Waals surface area contributed by atoms with Crippen molar-refractivity contribution in [1.82, 2.24) is 4.90 Å². The number of aliphatic carboxylic acids is 1. The molecule has 0 bridgehead atoms. The van der Waals surface area contributed by atoms with Crippen molar-refractivity contribution in [3.05, 3.63) is 0 Å². The molecule has 102 valence electrons. The van der Waals surface area contributed by atoms with Crippen LogP contribution in [-0.2, 0) is 9.59 Å². The highest BCUT2D eigenvalue weighted by Crippen LogP contribution is 2.35. The summed E-state index contributed by atoms with van der Waals surface area (Å²) in [5, 5.41) is 8.99. The number of hydrogen-bond donors (Lipinski definition) is 1. The summed E-state index contributed by atoms with van der Waals surface area (Å²) in [5.41, 5.74) is 0. The van der Waals surface area contributed by atoms with Gasteiger partial charge in [-0.3, -0.25) is 9.59 Å². The summed E-state index contributed by atoms with van der Waals surface area (Å²) in [4.78, 5) is 25.4. The Morgan fingerprint density at radius 2 is 1.83 bits per heavy atom. The van der Waals surface area contributed by atoms with Gasteiger partial charge in [-0.15, -0.1) is 0 Å². The van der Waals surface area contributed by atoms with E-state index in [4.69, 9.17) is 5.11 Å². The summed E-state index contributed by atoms with van der Waals surface area (Å²) in [7, 11) is 0. The Labute approximate surface area is 108 Å². The summed E-state index contributed by atoms with van der Waals surface area (Å²) < 4.78 is 0. The summed E-state index contributed by atoms with van der Waals surface area (Å²) in [6.07, 6.45) is 6.37. The Bertz CT molecular complexity index is 325. The molecule has 2 fully saturated rings. The molecule has 0 radical (unpaired) electrons. The minimum absolute atomic E-state index is 0.0384. The van der Waals surface area contributed by atoms with Crippen LogP contribution in [0.5, 0.6) is 0 Å². The van der Waals surface area contributed by atoms with E-state index in [9.17, 15) is 9.59 Å². The molecular formula is C14H23NO3. The molecule has 0 spiro atoms. The number of carboxylic acids is 1. The van der Waals surface area contributed by atoms with Gasteiger partial charge in [-0.1, -0.05) is 13.3 Å². The molecule has 0 aromatic carbocycles. The van der Waals surface area contributed by atoms with Crippen molar-refractivity contribution in [1.29, 1.82) is 0 Å². The minimum atomic E-state index is -0.739. The number of unbranched alkanes of at least 4 members (excludes halogenated alkanes) is 1. The number of carbonyl (C=O) groups is 2. The van der Waals surface area contributed by atoms with Crippen LogP contribution in [0.1, 0.15) is 51.9 Å². The molecule has 2 saturated carbocycles. The van der Waals surface area contributed by atoms with Crippen molar-refractivity contribution in [3.63, 3.8) is 0 Å². The first-order chi connectivity index (χ1) is 8.63. The summed E-state index contributed by atoms with van der Waals surface area (Å²) in [6, 6.07) is 0.452. The third-order valence-corrected chi connectivity index (χ3v) is 4.15. The molecule has 18 heavy (non-hydrogen) atoms. The zero-order valence-electron chi connectivity index (χ0n) is 11.1. The van der Waals surface area contributed by atoms with Gasteiger partial charge in [-0.2, -0.15) is 0 Å². The normalized spacial score (nSPS) is 27.2. The Hall–Kier alpha value is -1.06. The van der Waals surface area contributed by atoms with Crippen molar-refractivity contribution in [2.24, 2.45) is 11.8 Å². The minimum Gasteiger partial charge on any atom is -0.481 e. The van der Waals surface area contributed by atoms with Gasteiger partial charge >= 0.3 is 5.97 Å². The third-order valence-electron chi connectivity index (χ3n) is 4.15. The summed E-state index contributed by atoms with van der Waals surface area (Å²) in [6.45, 7) is 2.99. The van der Waals surface area contributed by atoms with Gasteiger partial charge in [0, 0.05) is 18.5 Å². The van der Waals surface area contributed by atoms with Crippen molar-refractivity contribution in [3.8, 4) is 0 Å². The monoisotopic (exact) mass is 253 g/mol. The standard InChI is InChI=1S/C14H23NO3/c1-2-3-8-15(12-6-7-12)13(16)10-4-5-11(9-10)14(17)18/h10-12H,2-9H2,1H3,(H,17,18). The first kappa shape index (κ1) is 13.4. The van der Waals surface area contributed by atoms with Gasteiger partial charge in [0.25, 0.3) is 0 Å². The van der Waals surface area contributed by atoms with Crippen molar-refractivity contribution >= 4 is 11.9 Å². The van der Waals surface area contributed by atoms with Crippen molar-refractivity contribution < 1.29 is 14.7 Å². The number of nitrogens with zero attached hydrogens (tertiary/aromatic N) is 1. The maximum atomic E-state index is 12.4. The first-order valence-electron chi connectivity index (χ1n) is 7.16. The Balaban J connectivity index is 1.90. The molecule has 2 aliphatic carbocycles. The number of carboxylic acid groups (broad SMARTS) is 1. The second-order valence-electron chi connectivity index (χ2n) is 5.66. The Morgan fingerprint density at radius 1 is 1.17 bits per heavy atom. The smallest absolute Gasteiger partial charge is 0.306 e. The fourth-order valence-electron chi connectivity index (χ4n) is 2.85. The average molecular weight is 253 g/mol. The maximum absolute atomic E-state index is 12.4. The average Bonchev–Trinajstić information content (AvgIpc) is 3.05. The predicted octanol–water partition coefficient (Wildman–Crippen LogP) is 2.28. The van der Waals surface area contributed by atoms with Gasteiger partial charge in [0.2, 0.25) is 5.91 Å². The molecule has 2 atom stereocenters. The first-order valence-corrected chi connectivity index (χ1v) is 7.16. The number of rotatable bonds is 6. The van der Waals surface area contributed by atoms with Gasteiger partial charge in [0.15, 0.2) is 0 Å². The molecule has 4 nitrogen and oxygen atoms in total. The summed E-state index contributed by atoms with van der Waals surface area (Å²) in [5.74, 6) is -0.860. The van der Waals surface area contributed by atoms with E-state index in [1.165, 1.54) is 0 Å². The van der Waals surface area contributed by atoms with Gasteiger partial charge < -0.3 is 10.0 Å². The Morgan fingerprint density at radius 3 is 2.33 bits per heavy atom. The molecule has 1 amide bonds. The van der Waals surface area contributed by atoms with Crippen LogP contribution in [0.2, 0.25) is 0 Å². The fraction of sp³-hybridized carbons (Fsp3) is 0.857. The van der Waals surface area contributed by atoms with E-state index in [1.54, 1.807) is 0 Å². The van der Waals surface area contributed by atoms with E-state index in [0.717, 1.165) is 38.6 Å². The highest BCUT2D eigenvalue weighted by atomic mass is 16.4. The van der Waals surface area contributed by atoms with Gasteiger partial charge in [0.1, 0.15) is 0 Å². The molecule has 0 aromatic rings. The van der Waals surface area contributed by atoms with Crippen LogP contribution in [0.25, 0.3) is 0 Å². The van der Waals surface area contributed by atoms with E-state index in [-0.39, 0.29) is 17.7 Å². The van der Waals surface area contributed by atoms with Crippen LogP contribution in [0.3, 0.4) is 0 Å². The van der Waals surface area contributed by atoms with Crippen molar-refractivity contribution in [2.75, 3.05) is 6.54 Å². The highest BCUT2D eigenvalue weighted by Gasteiger charge is 2.39. The zero-order valence-corrected chi connectivity index (χ0v) is 11.1. The molecule has 2 rings (SSSR count). The lowest BCUT2D eigenvalue weighted by Gasteiger charge is -2.25.